The quantitative estimate of drug-likeness (QED) is 0.792. The van der Waals surface area contributed by atoms with Crippen molar-refractivity contribution in [2.75, 3.05) is 16.9 Å². The molecule has 3 rings (SSSR count). The zero-order valence-electron chi connectivity index (χ0n) is 11.7. The van der Waals surface area contributed by atoms with Crippen molar-refractivity contribution in [2.45, 2.75) is 24.5 Å². The van der Waals surface area contributed by atoms with Gasteiger partial charge in [-0.05, 0) is 36.8 Å². The minimum absolute atomic E-state index is 0.299. The molecule has 110 valence electrons. The first-order chi connectivity index (χ1) is 10.3. The van der Waals surface area contributed by atoms with Crippen LogP contribution in [0.3, 0.4) is 0 Å². The number of hydrogen-bond donors (Lipinski definition) is 3. The highest BCUT2D eigenvalue weighted by atomic mass is 32.2. The Bertz CT molecular complexity index is 638. The molecule has 3 N–H and O–H groups in total. The topological polar surface area (TPSA) is 82.7 Å². The molecule has 7 heteroatoms. The van der Waals surface area contributed by atoms with Gasteiger partial charge in [0.05, 0.1) is 17.6 Å². The zero-order chi connectivity index (χ0) is 14.7. The average Bonchev–Trinajstić information content (AvgIpc) is 3.20. The van der Waals surface area contributed by atoms with Crippen molar-refractivity contribution in [1.82, 2.24) is 15.2 Å². The summed E-state index contributed by atoms with van der Waals surface area (Å²) in [6.45, 7) is 0. The minimum atomic E-state index is -0.299. The van der Waals surface area contributed by atoms with Gasteiger partial charge in [0, 0.05) is 17.9 Å². The first kappa shape index (κ1) is 13.9. The van der Waals surface area contributed by atoms with Crippen LogP contribution in [0.25, 0.3) is 0 Å². The van der Waals surface area contributed by atoms with Gasteiger partial charge in [0.15, 0.2) is 0 Å². The van der Waals surface area contributed by atoms with Crippen LogP contribution in [0.15, 0.2) is 24.5 Å². The molecule has 0 unspecified atom stereocenters. The molecule has 0 radical (unpaired) electrons. The van der Waals surface area contributed by atoms with E-state index in [1.54, 1.807) is 24.2 Å². The number of pyridine rings is 1. The van der Waals surface area contributed by atoms with Crippen molar-refractivity contribution < 1.29 is 4.79 Å². The number of anilines is 2. The highest BCUT2D eigenvalue weighted by molar-refractivity contribution is 7.97. The standard InChI is InChI=1S/C14H17N5OS/c1-21-8-9-4-5-15-12(6-9)18-14(20)17-11-7-16-19-13(11)10-2-3-10/h4-7,10H,2-3,8H2,1H3,(H,16,19)(H2,15,17,18,20). The molecule has 2 amide bonds. The molecule has 1 fully saturated rings. The van der Waals surface area contributed by atoms with Crippen LogP contribution in [0.1, 0.15) is 30.0 Å². The van der Waals surface area contributed by atoms with E-state index in [4.69, 9.17) is 0 Å². The first-order valence-corrected chi connectivity index (χ1v) is 8.21. The van der Waals surface area contributed by atoms with Crippen LogP contribution in [0.2, 0.25) is 0 Å². The number of aromatic nitrogens is 3. The molecule has 21 heavy (non-hydrogen) atoms. The van der Waals surface area contributed by atoms with E-state index in [2.05, 4.69) is 25.8 Å². The van der Waals surface area contributed by atoms with E-state index >= 15 is 0 Å². The molecule has 1 aliphatic carbocycles. The molecule has 2 aromatic rings. The van der Waals surface area contributed by atoms with Gasteiger partial charge in [-0.2, -0.15) is 16.9 Å². The Hall–Kier alpha value is -2.02. The third-order valence-corrected chi connectivity index (χ3v) is 3.90. The fourth-order valence-corrected chi connectivity index (χ4v) is 2.66. The Morgan fingerprint density at radius 3 is 3.10 bits per heavy atom. The summed E-state index contributed by atoms with van der Waals surface area (Å²) in [4.78, 5) is 16.2. The average molecular weight is 303 g/mol. The first-order valence-electron chi connectivity index (χ1n) is 6.81. The molecule has 0 saturated heterocycles. The zero-order valence-corrected chi connectivity index (χ0v) is 12.5. The number of thioether (sulfide) groups is 1. The Balaban J connectivity index is 1.63. The Labute approximate surface area is 127 Å². The summed E-state index contributed by atoms with van der Waals surface area (Å²) < 4.78 is 0. The Kier molecular flexibility index (Phi) is 4.10. The van der Waals surface area contributed by atoms with Crippen LogP contribution >= 0.6 is 11.8 Å². The van der Waals surface area contributed by atoms with Crippen molar-refractivity contribution in [2.24, 2.45) is 0 Å². The van der Waals surface area contributed by atoms with Crippen LogP contribution < -0.4 is 10.6 Å². The van der Waals surface area contributed by atoms with E-state index in [0.29, 0.717) is 11.7 Å². The van der Waals surface area contributed by atoms with Crippen LogP contribution in [0.5, 0.6) is 0 Å². The molecule has 1 saturated carbocycles. The number of carbonyl (C=O) groups excluding carboxylic acids is 1. The van der Waals surface area contributed by atoms with E-state index in [0.717, 1.165) is 35.5 Å². The van der Waals surface area contributed by atoms with Crippen LogP contribution in [-0.2, 0) is 5.75 Å². The summed E-state index contributed by atoms with van der Waals surface area (Å²) >= 11 is 1.73. The second-order valence-electron chi connectivity index (χ2n) is 5.03. The van der Waals surface area contributed by atoms with Gasteiger partial charge in [-0.15, -0.1) is 0 Å². The lowest BCUT2D eigenvalue weighted by Gasteiger charge is -2.08. The lowest BCUT2D eigenvalue weighted by atomic mass is 10.2. The molecule has 2 aromatic heterocycles. The van der Waals surface area contributed by atoms with Gasteiger partial charge in [0.1, 0.15) is 5.82 Å². The summed E-state index contributed by atoms with van der Waals surface area (Å²) in [5.41, 5.74) is 2.89. The largest absolute Gasteiger partial charge is 0.324 e. The number of amides is 2. The lowest BCUT2D eigenvalue weighted by molar-refractivity contribution is 0.262. The maximum absolute atomic E-state index is 12.0. The van der Waals surface area contributed by atoms with Gasteiger partial charge >= 0.3 is 6.03 Å². The minimum Gasteiger partial charge on any atom is -0.305 e. The van der Waals surface area contributed by atoms with Crippen molar-refractivity contribution in [3.05, 3.63) is 35.8 Å². The number of aromatic amines is 1. The Morgan fingerprint density at radius 2 is 2.33 bits per heavy atom. The van der Waals surface area contributed by atoms with Crippen molar-refractivity contribution in [3.63, 3.8) is 0 Å². The number of H-pyrrole nitrogens is 1. The van der Waals surface area contributed by atoms with Gasteiger partial charge in [0.2, 0.25) is 0 Å². The van der Waals surface area contributed by atoms with Crippen molar-refractivity contribution in [3.8, 4) is 0 Å². The maximum atomic E-state index is 12.0. The highest BCUT2D eigenvalue weighted by Gasteiger charge is 2.28. The second-order valence-corrected chi connectivity index (χ2v) is 5.90. The molecular formula is C14H17N5OS. The summed E-state index contributed by atoms with van der Waals surface area (Å²) in [7, 11) is 0. The summed E-state index contributed by atoms with van der Waals surface area (Å²) in [6, 6.07) is 3.53. The van der Waals surface area contributed by atoms with Gasteiger partial charge in [-0.25, -0.2) is 9.78 Å². The Morgan fingerprint density at radius 1 is 1.48 bits per heavy atom. The van der Waals surface area contributed by atoms with Crippen LogP contribution in [-0.4, -0.2) is 27.5 Å². The fraction of sp³-hybridized carbons (Fsp3) is 0.357. The molecule has 1 aliphatic rings. The normalized spacial score (nSPS) is 14.0. The number of hydrogen-bond acceptors (Lipinski definition) is 4. The second kappa shape index (κ2) is 6.17. The van der Waals surface area contributed by atoms with E-state index in [1.165, 1.54) is 0 Å². The maximum Gasteiger partial charge on any atom is 0.324 e. The van der Waals surface area contributed by atoms with Gasteiger partial charge in [-0.3, -0.25) is 10.4 Å². The molecule has 0 spiro atoms. The molecule has 0 aliphatic heterocycles. The van der Waals surface area contributed by atoms with Crippen LogP contribution in [0.4, 0.5) is 16.3 Å². The highest BCUT2D eigenvalue weighted by Crippen LogP contribution is 2.42. The number of nitrogens with zero attached hydrogens (tertiary/aromatic N) is 2. The van der Waals surface area contributed by atoms with E-state index in [1.807, 2.05) is 18.4 Å². The van der Waals surface area contributed by atoms with Crippen molar-refractivity contribution in [1.29, 1.82) is 0 Å². The third-order valence-electron chi connectivity index (χ3n) is 3.28. The SMILES string of the molecule is CSCc1ccnc(NC(=O)Nc2cn[nH]c2C2CC2)c1. The monoisotopic (exact) mass is 303 g/mol. The summed E-state index contributed by atoms with van der Waals surface area (Å²) in [5, 5.41) is 12.5. The fourth-order valence-electron chi connectivity index (χ4n) is 2.15. The van der Waals surface area contributed by atoms with E-state index in [-0.39, 0.29) is 6.03 Å². The third kappa shape index (κ3) is 3.55. The van der Waals surface area contributed by atoms with Gasteiger partial charge < -0.3 is 5.32 Å². The molecular weight excluding hydrogens is 286 g/mol. The number of rotatable bonds is 5. The predicted octanol–water partition coefficient (Wildman–Crippen LogP) is 3.19. The predicted molar refractivity (Wildman–Crippen MR) is 84.7 cm³/mol. The summed E-state index contributed by atoms with van der Waals surface area (Å²) in [6.07, 6.45) is 7.69. The lowest BCUT2D eigenvalue weighted by Crippen LogP contribution is -2.20. The number of nitrogens with one attached hydrogen (secondary N) is 3. The molecule has 0 aromatic carbocycles. The molecule has 6 nitrogen and oxygen atoms in total. The van der Waals surface area contributed by atoms with Gasteiger partial charge in [0.25, 0.3) is 0 Å². The van der Waals surface area contributed by atoms with E-state index < -0.39 is 0 Å². The van der Waals surface area contributed by atoms with Crippen molar-refractivity contribution >= 4 is 29.3 Å². The molecule has 0 bridgehead atoms. The number of carbonyl (C=O) groups is 1. The number of urea groups is 1. The van der Waals surface area contributed by atoms with Gasteiger partial charge in [-0.1, -0.05) is 0 Å². The van der Waals surface area contributed by atoms with E-state index in [9.17, 15) is 4.79 Å². The summed E-state index contributed by atoms with van der Waals surface area (Å²) in [5.74, 6) is 1.95. The van der Waals surface area contributed by atoms with Crippen LogP contribution in [0, 0.1) is 0 Å². The molecule has 0 atom stereocenters. The molecule has 2 heterocycles. The smallest absolute Gasteiger partial charge is 0.305 e.